The Balaban J connectivity index is 1.45. The van der Waals surface area contributed by atoms with E-state index in [0.717, 1.165) is 35.7 Å². The van der Waals surface area contributed by atoms with Crippen molar-refractivity contribution in [1.82, 2.24) is 24.6 Å². The molecule has 1 saturated heterocycles. The number of nitrogens with one attached hydrogen (secondary N) is 1. The Morgan fingerprint density at radius 3 is 2.96 bits per heavy atom. The summed E-state index contributed by atoms with van der Waals surface area (Å²) < 4.78 is 7.23. The number of rotatable bonds is 7. The first-order valence-corrected chi connectivity index (χ1v) is 9.70. The molecule has 7 heteroatoms. The lowest BCUT2D eigenvalue weighted by Gasteiger charge is -2.19. The Hall–Kier alpha value is -2.93. The molecule has 7 nitrogen and oxygen atoms in total. The number of hydrogen-bond donors (Lipinski definition) is 1. The summed E-state index contributed by atoms with van der Waals surface area (Å²) in [4.78, 5) is 11.4. The standard InChI is InChI=1S/C21H26N6O/c1-26-13-5-6-17(26)9-11-22-21-23-12-10-18(25-21)16-14-24-27(15-16)19-7-3-4-8-20(19)28-2/h3-4,7-8,10,12,14-15,17H,5-6,9,11,13H2,1-2H3,(H,22,23,25). The number of ether oxygens (including phenoxy) is 1. The number of nitrogens with zero attached hydrogens (tertiary/aromatic N) is 5. The van der Waals surface area contributed by atoms with Gasteiger partial charge in [0.15, 0.2) is 0 Å². The highest BCUT2D eigenvalue weighted by Crippen LogP contribution is 2.24. The molecule has 0 saturated carbocycles. The van der Waals surface area contributed by atoms with Crippen LogP contribution < -0.4 is 10.1 Å². The molecule has 1 aliphatic heterocycles. The Labute approximate surface area is 165 Å². The highest BCUT2D eigenvalue weighted by atomic mass is 16.5. The summed E-state index contributed by atoms with van der Waals surface area (Å²) >= 11 is 0. The molecule has 0 aliphatic carbocycles. The van der Waals surface area contributed by atoms with Crippen LogP contribution in [0.25, 0.3) is 16.9 Å². The summed E-state index contributed by atoms with van der Waals surface area (Å²) in [7, 11) is 3.86. The van der Waals surface area contributed by atoms with Gasteiger partial charge in [0.05, 0.1) is 19.0 Å². The largest absolute Gasteiger partial charge is 0.494 e. The van der Waals surface area contributed by atoms with Crippen molar-refractivity contribution >= 4 is 5.95 Å². The van der Waals surface area contributed by atoms with Gasteiger partial charge in [-0.2, -0.15) is 5.10 Å². The predicted octanol–water partition coefficient (Wildman–Crippen LogP) is 3.23. The van der Waals surface area contributed by atoms with Crippen molar-refractivity contribution in [3.05, 3.63) is 48.9 Å². The van der Waals surface area contributed by atoms with E-state index in [0.29, 0.717) is 12.0 Å². The first-order valence-electron chi connectivity index (χ1n) is 9.70. The lowest BCUT2D eigenvalue weighted by atomic mass is 10.1. The zero-order valence-corrected chi connectivity index (χ0v) is 16.4. The average molecular weight is 378 g/mol. The van der Waals surface area contributed by atoms with Gasteiger partial charge in [0.25, 0.3) is 0 Å². The maximum atomic E-state index is 5.43. The van der Waals surface area contributed by atoms with Gasteiger partial charge in [-0.25, -0.2) is 14.6 Å². The first-order chi connectivity index (χ1) is 13.7. The smallest absolute Gasteiger partial charge is 0.223 e. The van der Waals surface area contributed by atoms with Gasteiger partial charge in [-0.05, 0) is 51.1 Å². The highest BCUT2D eigenvalue weighted by Gasteiger charge is 2.20. The molecule has 1 fully saturated rings. The maximum absolute atomic E-state index is 5.43. The Morgan fingerprint density at radius 1 is 1.25 bits per heavy atom. The monoisotopic (exact) mass is 378 g/mol. The van der Waals surface area contributed by atoms with Crippen LogP contribution in [0, 0.1) is 0 Å². The number of benzene rings is 1. The normalized spacial score (nSPS) is 17.0. The Kier molecular flexibility index (Phi) is 5.53. The molecule has 1 aromatic carbocycles. The minimum absolute atomic E-state index is 0.656. The highest BCUT2D eigenvalue weighted by molar-refractivity contribution is 5.59. The second kappa shape index (κ2) is 8.39. The molecule has 0 bridgehead atoms. The van der Waals surface area contributed by atoms with Crippen molar-refractivity contribution in [3.8, 4) is 22.7 Å². The van der Waals surface area contributed by atoms with Gasteiger partial charge in [0.2, 0.25) is 5.95 Å². The molecule has 1 unspecified atom stereocenters. The second-order valence-electron chi connectivity index (χ2n) is 7.10. The molecule has 146 valence electrons. The minimum atomic E-state index is 0.656. The van der Waals surface area contributed by atoms with Crippen LogP contribution in [0.1, 0.15) is 19.3 Å². The van der Waals surface area contributed by atoms with Gasteiger partial charge in [0, 0.05) is 30.5 Å². The van der Waals surface area contributed by atoms with E-state index in [9.17, 15) is 0 Å². The van der Waals surface area contributed by atoms with E-state index in [1.54, 1.807) is 18.0 Å². The van der Waals surface area contributed by atoms with E-state index in [1.165, 1.54) is 19.4 Å². The number of hydrogen-bond acceptors (Lipinski definition) is 6. The summed E-state index contributed by atoms with van der Waals surface area (Å²) in [5, 5.41) is 7.84. The summed E-state index contributed by atoms with van der Waals surface area (Å²) in [5.74, 6) is 1.43. The molecule has 3 aromatic rings. The number of para-hydroxylation sites is 2. The third-order valence-electron chi connectivity index (χ3n) is 5.30. The van der Waals surface area contributed by atoms with Crippen molar-refractivity contribution < 1.29 is 4.74 Å². The molecule has 4 rings (SSSR count). The van der Waals surface area contributed by atoms with E-state index in [4.69, 9.17) is 4.74 Å². The number of aromatic nitrogens is 4. The molecule has 0 spiro atoms. The van der Waals surface area contributed by atoms with E-state index < -0.39 is 0 Å². The van der Waals surface area contributed by atoms with Crippen LogP contribution in [0.2, 0.25) is 0 Å². The van der Waals surface area contributed by atoms with Crippen molar-refractivity contribution in [2.75, 3.05) is 32.6 Å². The fraction of sp³-hybridized carbons (Fsp3) is 0.381. The van der Waals surface area contributed by atoms with Gasteiger partial charge in [-0.3, -0.25) is 0 Å². The van der Waals surface area contributed by atoms with Crippen LogP contribution >= 0.6 is 0 Å². The van der Waals surface area contributed by atoms with Crippen molar-refractivity contribution in [2.45, 2.75) is 25.3 Å². The van der Waals surface area contributed by atoms with Gasteiger partial charge >= 0.3 is 0 Å². The van der Waals surface area contributed by atoms with Crippen LogP contribution in [0.4, 0.5) is 5.95 Å². The summed E-state index contributed by atoms with van der Waals surface area (Å²) in [6.07, 6.45) is 9.23. The zero-order chi connectivity index (χ0) is 19.3. The van der Waals surface area contributed by atoms with E-state index in [-0.39, 0.29) is 0 Å². The van der Waals surface area contributed by atoms with Crippen LogP contribution in [0.5, 0.6) is 5.75 Å². The van der Waals surface area contributed by atoms with Crippen LogP contribution in [-0.4, -0.2) is 57.9 Å². The van der Waals surface area contributed by atoms with Gasteiger partial charge in [0.1, 0.15) is 11.4 Å². The lowest BCUT2D eigenvalue weighted by Crippen LogP contribution is -2.27. The summed E-state index contributed by atoms with van der Waals surface area (Å²) in [6.45, 7) is 2.08. The van der Waals surface area contributed by atoms with Crippen molar-refractivity contribution in [3.63, 3.8) is 0 Å². The average Bonchev–Trinajstić information content (AvgIpc) is 3.38. The zero-order valence-electron chi connectivity index (χ0n) is 16.4. The molecule has 0 radical (unpaired) electrons. The SMILES string of the molecule is COc1ccccc1-n1cc(-c2ccnc(NCCC3CCCN3C)n2)cn1. The minimum Gasteiger partial charge on any atom is -0.494 e. The molecule has 28 heavy (non-hydrogen) atoms. The van der Waals surface area contributed by atoms with Gasteiger partial charge in [-0.1, -0.05) is 12.1 Å². The van der Waals surface area contributed by atoms with Gasteiger partial charge < -0.3 is 15.0 Å². The molecule has 1 atom stereocenters. The molecular formula is C21H26N6O. The molecule has 0 amide bonds. The van der Waals surface area contributed by atoms with E-state index in [1.807, 2.05) is 42.7 Å². The number of anilines is 1. The quantitative estimate of drug-likeness (QED) is 0.681. The van der Waals surface area contributed by atoms with Crippen LogP contribution in [0.3, 0.4) is 0 Å². The molecule has 2 aromatic heterocycles. The fourth-order valence-corrected chi connectivity index (χ4v) is 3.71. The third-order valence-corrected chi connectivity index (χ3v) is 5.30. The number of likely N-dealkylation sites (tertiary alicyclic amines) is 1. The van der Waals surface area contributed by atoms with Crippen molar-refractivity contribution in [2.24, 2.45) is 0 Å². The maximum Gasteiger partial charge on any atom is 0.223 e. The third kappa shape index (κ3) is 3.99. The Bertz CT molecular complexity index is 925. The molecule has 1 aliphatic rings. The predicted molar refractivity (Wildman–Crippen MR) is 110 cm³/mol. The van der Waals surface area contributed by atoms with Crippen molar-refractivity contribution in [1.29, 1.82) is 0 Å². The first kappa shape index (κ1) is 18.4. The molecule has 3 heterocycles. The number of methoxy groups -OCH3 is 1. The van der Waals surface area contributed by atoms with E-state index in [2.05, 4.69) is 32.3 Å². The van der Waals surface area contributed by atoms with Gasteiger partial charge in [-0.15, -0.1) is 0 Å². The molecule has 1 N–H and O–H groups in total. The summed E-state index contributed by atoms with van der Waals surface area (Å²) in [6, 6.07) is 10.4. The fourth-order valence-electron chi connectivity index (χ4n) is 3.71. The lowest BCUT2D eigenvalue weighted by molar-refractivity contribution is 0.301. The Morgan fingerprint density at radius 2 is 2.14 bits per heavy atom. The van der Waals surface area contributed by atoms with Crippen LogP contribution in [-0.2, 0) is 0 Å². The second-order valence-corrected chi connectivity index (χ2v) is 7.10. The van der Waals surface area contributed by atoms with E-state index >= 15 is 0 Å². The van der Waals surface area contributed by atoms with Crippen LogP contribution in [0.15, 0.2) is 48.9 Å². The topological polar surface area (TPSA) is 68.1 Å². The molecular weight excluding hydrogens is 352 g/mol. The summed E-state index contributed by atoms with van der Waals surface area (Å²) in [5.41, 5.74) is 2.67.